The van der Waals surface area contributed by atoms with Gasteiger partial charge in [0.1, 0.15) is 10.7 Å². The minimum Gasteiger partial charge on any atom is -0.404 e. The summed E-state index contributed by atoms with van der Waals surface area (Å²) in [7, 11) is -4.32. The van der Waals surface area contributed by atoms with Crippen molar-refractivity contribution in [1.82, 2.24) is 4.98 Å². The molecule has 1 heterocycles. The zero-order valence-electron chi connectivity index (χ0n) is 12.3. The van der Waals surface area contributed by atoms with Crippen molar-refractivity contribution in [2.75, 3.05) is 4.72 Å². The number of nitrogens with zero attached hydrogens (tertiary/aromatic N) is 1. The molecule has 10 heteroatoms. The number of hydrogen-bond acceptors (Lipinski definition) is 4. The number of anilines is 1. The average molecular weight is 425 g/mol. The standard InChI is InChI=1S/C14H12BrF3N2O3S/c1-2-10-4-3-5-13(19-10)20-24(21,22)12-7-6-9(15)8-11(12)23-14(16,17)18/h3-8H,2H2,1H3,(H,19,20). The molecule has 0 saturated heterocycles. The Balaban J connectivity index is 2.41. The molecule has 0 aliphatic heterocycles. The van der Waals surface area contributed by atoms with Gasteiger partial charge < -0.3 is 4.74 Å². The van der Waals surface area contributed by atoms with Gasteiger partial charge in [-0.15, -0.1) is 13.2 Å². The van der Waals surface area contributed by atoms with Crippen molar-refractivity contribution in [3.05, 3.63) is 46.6 Å². The third-order valence-corrected chi connectivity index (χ3v) is 4.72. The van der Waals surface area contributed by atoms with E-state index in [1.54, 1.807) is 12.1 Å². The molecule has 1 aromatic carbocycles. The number of rotatable bonds is 5. The first kappa shape index (κ1) is 18.5. The van der Waals surface area contributed by atoms with Crippen LogP contribution in [0.15, 0.2) is 45.8 Å². The van der Waals surface area contributed by atoms with Crippen LogP contribution in [0.1, 0.15) is 12.6 Å². The number of sulfonamides is 1. The van der Waals surface area contributed by atoms with Crippen molar-refractivity contribution >= 4 is 31.8 Å². The van der Waals surface area contributed by atoms with E-state index in [-0.39, 0.29) is 10.3 Å². The van der Waals surface area contributed by atoms with Gasteiger partial charge in [-0.05, 0) is 36.8 Å². The van der Waals surface area contributed by atoms with Gasteiger partial charge in [0.15, 0.2) is 5.75 Å². The molecule has 0 aliphatic rings. The van der Waals surface area contributed by atoms with Crippen LogP contribution in [-0.4, -0.2) is 19.8 Å². The Morgan fingerprint density at radius 3 is 2.58 bits per heavy atom. The maximum Gasteiger partial charge on any atom is 0.573 e. The predicted molar refractivity (Wildman–Crippen MR) is 85.2 cm³/mol. The Morgan fingerprint density at radius 2 is 1.96 bits per heavy atom. The number of benzene rings is 1. The topological polar surface area (TPSA) is 68.3 Å². The summed E-state index contributed by atoms with van der Waals surface area (Å²) in [5.41, 5.74) is 0.637. The van der Waals surface area contributed by atoms with E-state index < -0.39 is 27.0 Å². The summed E-state index contributed by atoms with van der Waals surface area (Å²) in [4.78, 5) is 3.41. The summed E-state index contributed by atoms with van der Waals surface area (Å²) < 4.78 is 68.5. The van der Waals surface area contributed by atoms with Gasteiger partial charge in [0, 0.05) is 10.2 Å². The molecule has 24 heavy (non-hydrogen) atoms. The zero-order valence-corrected chi connectivity index (χ0v) is 14.7. The highest BCUT2D eigenvalue weighted by atomic mass is 79.9. The Kier molecular flexibility index (Phi) is 5.38. The third-order valence-electron chi connectivity index (χ3n) is 2.83. The van der Waals surface area contributed by atoms with E-state index in [1.165, 1.54) is 12.1 Å². The predicted octanol–water partition coefficient (Wildman–Crippen LogP) is 4.11. The molecule has 2 aromatic rings. The molecule has 130 valence electrons. The number of pyridine rings is 1. The second-order valence-electron chi connectivity index (χ2n) is 4.61. The van der Waals surface area contributed by atoms with Gasteiger partial charge in [-0.3, -0.25) is 4.72 Å². The largest absolute Gasteiger partial charge is 0.573 e. The molecule has 0 radical (unpaired) electrons. The van der Waals surface area contributed by atoms with Crippen LogP contribution in [0.4, 0.5) is 19.0 Å². The molecule has 2 rings (SSSR count). The van der Waals surface area contributed by atoms with Crippen LogP contribution in [0.5, 0.6) is 5.75 Å². The Bertz CT molecular complexity index is 841. The van der Waals surface area contributed by atoms with E-state index in [4.69, 9.17) is 0 Å². The lowest BCUT2D eigenvalue weighted by Crippen LogP contribution is -2.21. The van der Waals surface area contributed by atoms with Crippen LogP contribution < -0.4 is 9.46 Å². The van der Waals surface area contributed by atoms with Crippen molar-refractivity contribution < 1.29 is 26.3 Å². The van der Waals surface area contributed by atoms with Gasteiger partial charge in [-0.25, -0.2) is 13.4 Å². The second kappa shape index (κ2) is 6.98. The molecule has 0 aliphatic carbocycles. The van der Waals surface area contributed by atoms with Crippen molar-refractivity contribution in [2.45, 2.75) is 24.6 Å². The highest BCUT2D eigenvalue weighted by molar-refractivity contribution is 9.10. The van der Waals surface area contributed by atoms with Crippen LogP contribution in [0.2, 0.25) is 0 Å². The van der Waals surface area contributed by atoms with Crippen LogP contribution in [0, 0.1) is 0 Å². The molecule has 1 aromatic heterocycles. The molecule has 0 spiro atoms. The van der Waals surface area contributed by atoms with E-state index in [2.05, 4.69) is 30.4 Å². The summed E-state index contributed by atoms with van der Waals surface area (Å²) in [6.07, 6.45) is -4.44. The lowest BCUT2D eigenvalue weighted by Gasteiger charge is -2.15. The number of ether oxygens (including phenoxy) is 1. The molecule has 0 unspecified atom stereocenters. The monoisotopic (exact) mass is 424 g/mol. The van der Waals surface area contributed by atoms with Crippen molar-refractivity contribution in [3.63, 3.8) is 0 Å². The molecule has 0 atom stereocenters. The summed E-state index contributed by atoms with van der Waals surface area (Å²) in [6.45, 7) is 1.84. The lowest BCUT2D eigenvalue weighted by atomic mass is 10.3. The van der Waals surface area contributed by atoms with Gasteiger partial charge in [0.25, 0.3) is 10.0 Å². The average Bonchev–Trinajstić information content (AvgIpc) is 2.45. The Labute approximate surface area is 145 Å². The van der Waals surface area contributed by atoms with E-state index in [1.807, 2.05) is 6.92 Å². The second-order valence-corrected chi connectivity index (χ2v) is 7.18. The fourth-order valence-corrected chi connectivity index (χ4v) is 3.29. The van der Waals surface area contributed by atoms with Crippen LogP contribution in [0.3, 0.4) is 0 Å². The summed E-state index contributed by atoms with van der Waals surface area (Å²) in [5.74, 6) is -0.828. The molecule has 0 fully saturated rings. The number of halogens is 4. The van der Waals surface area contributed by atoms with Gasteiger partial charge in [-0.2, -0.15) is 0 Å². The fraction of sp³-hybridized carbons (Fsp3) is 0.214. The maximum absolute atomic E-state index is 12.5. The first-order valence-corrected chi connectivity index (χ1v) is 8.92. The van der Waals surface area contributed by atoms with E-state index in [0.717, 1.165) is 12.1 Å². The minimum atomic E-state index is -5.02. The minimum absolute atomic E-state index is 0.00947. The van der Waals surface area contributed by atoms with Crippen molar-refractivity contribution in [3.8, 4) is 5.75 Å². The van der Waals surface area contributed by atoms with Crippen LogP contribution in [-0.2, 0) is 16.4 Å². The number of aromatic nitrogens is 1. The maximum atomic E-state index is 12.5. The van der Waals surface area contributed by atoms with Gasteiger partial charge in [0.2, 0.25) is 0 Å². The SMILES string of the molecule is CCc1cccc(NS(=O)(=O)c2ccc(Br)cc2OC(F)(F)F)n1. The molecule has 1 N–H and O–H groups in total. The molecule has 0 amide bonds. The lowest BCUT2D eigenvalue weighted by molar-refractivity contribution is -0.275. The number of aryl methyl sites for hydroxylation is 1. The first-order chi connectivity index (χ1) is 11.1. The summed E-state index contributed by atoms with van der Waals surface area (Å²) in [5, 5.41) is 0. The van der Waals surface area contributed by atoms with E-state index in [0.29, 0.717) is 12.1 Å². The van der Waals surface area contributed by atoms with Crippen molar-refractivity contribution in [1.29, 1.82) is 0 Å². The third kappa shape index (κ3) is 4.84. The number of alkyl halides is 3. The van der Waals surface area contributed by atoms with Gasteiger partial charge >= 0.3 is 6.36 Å². The normalized spacial score (nSPS) is 12.0. The molecular formula is C14H12BrF3N2O3S. The summed E-state index contributed by atoms with van der Waals surface area (Å²) in [6, 6.07) is 7.94. The quantitative estimate of drug-likeness (QED) is 0.783. The van der Waals surface area contributed by atoms with E-state index in [9.17, 15) is 21.6 Å². The van der Waals surface area contributed by atoms with Crippen LogP contribution >= 0.6 is 15.9 Å². The smallest absolute Gasteiger partial charge is 0.404 e. The molecule has 5 nitrogen and oxygen atoms in total. The Morgan fingerprint density at radius 1 is 1.25 bits per heavy atom. The van der Waals surface area contributed by atoms with Gasteiger partial charge in [0.05, 0.1) is 0 Å². The first-order valence-electron chi connectivity index (χ1n) is 6.65. The highest BCUT2D eigenvalue weighted by Gasteiger charge is 2.34. The molecule has 0 bridgehead atoms. The van der Waals surface area contributed by atoms with Gasteiger partial charge in [-0.1, -0.05) is 28.9 Å². The van der Waals surface area contributed by atoms with Crippen molar-refractivity contribution in [2.24, 2.45) is 0 Å². The molecule has 0 saturated carbocycles. The van der Waals surface area contributed by atoms with Crippen LogP contribution in [0.25, 0.3) is 0 Å². The number of hydrogen-bond donors (Lipinski definition) is 1. The highest BCUT2D eigenvalue weighted by Crippen LogP contribution is 2.33. The number of nitrogens with one attached hydrogen (secondary N) is 1. The molecular weight excluding hydrogens is 413 g/mol. The summed E-state index contributed by atoms with van der Waals surface area (Å²) >= 11 is 2.98. The zero-order chi connectivity index (χ0) is 18.0. The Hall–Kier alpha value is -1.81. The fourth-order valence-electron chi connectivity index (χ4n) is 1.83. The van der Waals surface area contributed by atoms with E-state index >= 15 is 0 Å².